The lowest BCUT2D eigenvalue weighted by atomic mass is 10.4. The van der Waals surface area contributed by atoms with Crippen molar-refractivity contribution in [3.05, 3.63) is 40.5 Å². The van der Waals surface area contributed by atoms with Crippen LogP contribution >= 0.6 is 11.3 Å². The quantitative estimate of drug-likeness (QED) is 0.851. The summed E-state index contributed by atoms with van der Waals surface area (Å²) < 4.78 is 5.47. The van der Waals surface area contributed by atoms with Crippen molar-refractivity contribution >= 4 is 11.3 Å². The number of hydrogen-bond acceptors (Lipinski definition) is 5. The van der Waals surface area contributed by atoms with Crippen LogP contribution in [0.5, 0.6) is 5.88 Å². The zero-order valence-electron chi connectivity index (χ0n) is 8.09. The molecule has 0 radical (unpaired) electrons. The van der Waals surface area contributed by atoms with E-state index in [2.05, 4.69) is 9.97 Å². The van der Waals surface area contributed by atoms with Gasteiger partial charge in [0.25, 0.3) is 0 Å². The summed E-state index contributed by atoms with van der Waals surface area (Å²) in [5.41, 5.74) is 6.19. The summed E-state index contributed by atoms with van der Waals surface area (Å²) in [6.45, 7) is 0.906. The molecule has 4 nitrogen and oxygen atoms in total. The van der Waals surface area contributed by atoms with Gasteiger partial charge in [0.2, 0.25) is 5.88 Å². The Morgan fingerprint density at radius 3 is 3.07 bits per heavy atom. The minimum atomic E-state index is 0.378. The van der Waals surface area contributed by atoms with Gasteiger partial charge in [-0.05, 0) is 11.4 Å². The van der Waals surface area contributed by atoms with Crippen LogP contribution in [0, 0.1) is 0 Å². The molecular formula is C10H11N3OS. The second-order valence-corrected chi connectivity index (χ2v) is 3.95. The summed E-state index contributed by atoms with van der Waals surface area (Å²) in [5, 5.41) is 2.01. The molecule has 2 aromatic rings. The van der Waals surface area contributed by atoms with Crippen LogP contribution in [0.15, 0.2) is 29.9 Å². The number of nitrogens with zero attached hydrogens (tertiary/aromatic N) is 2. The molecule has 2 N–H and O–H groups in total. The Kier molecular flexibility index (Phi) is 3.26. The number of thiophene rings is 1. The molecule has 0 unspecified atom stereocenters. The van der Waals surface area contributed by atoms with Gasteiger partial charge in [0.1, 0.15) is 6.61 Å². The first kappa shape index (κ1) is 10.1. The molecule has 0 aromatic carbocycles. The van der Waals surface area contributed by atoms with Crippen molar-refractivity contribution in [2.45, 2.75) is 13.2 Å². The second-order valence-electron chi connectivity index (χ2n) is 2.92. The lowest BCUT2D eigenvalue weighted by Crippen LogP contribution is -2.03. The Morgan fingerprint density at radius 2 is 2.33 bits per heavy atom. The van der Waals surface area contributed by atoms with E-state index in [0.29, 0.717) is 19.0 Å². The van der Waals surface area contributed by atoms with Crippen LogP contribution in [0.3, 0.4) is 0 Å². The van der Waals surface area contributed by atoms with E-state index in [0.717, 1.165) is 10.6 Å². The number of ether oxygens (including phenoxy) is 1. The Hall–Kier alpha value is -1.46. The number of hydrogen-bond donors (Lipinski definition) is 1. The Balaban J connectivity index is 1.98. The molecule has 0 atom stereocenters. The molecule has 5 heteroatoms. The highest BCUT2D eigenvalue weighted by Gasteiger charge is 1.99. The van der Waals surface area contributed by atoms with Crippen LogP contribution in [0.2, 0.25) is 0 Å². The molecule has 2 rings (SSSR count). The first-order chi connectivity index (χ1) is 7.38. The van der Waals surface area contributed by atoms with E-state index in [1.807, 2.05) is 17.5 Å². The fourth-order valence-corrected chi connectivity index (χ4v) is 1.71. The van der Waals surface area contributed by atoms with Gasteiger partial charge in [-0.1, -0.05) is 6.07 Å². The fraction of sp³-hybridized carbons (Fsp3) is 0.200. The molecule has 0 fully saturated rings. The minimum Gasteiger partial charge on any atom is -0.471 e. The van der Waals surface area contributed by atoms with Crippen LogP contribution in [0.25, 0.3) is 0 Å². The molecule has 0 saturated carbocycles. The maximum absolute atomic E-state index is 5.47. The van der Waals surface area contributed by atoms with Crippen molar-refractivity contribution in [3.63, 3.8) is 0 Å². The van der Waals surface area contributed by atoms with E-state index in [-0.39, 0.29) is 0 Å². The van der Waals surface area contributed by atoms with Crippen LogP contribution in [-0.2, 0) is 13.2 Å². The first-order valence-corrected chi connectivity index (χ1v) is 5.42. The first-order valence-electron chi connectivity index (χ1n) is 4.54. The second kappa shape index (κ2) is 4.86. The highest BCUT2D eigenvalue weighted by molar-refractivity contribution is 7.09. The van der Waals surface area contributed by atoms with Crippen LogP contribution in [0.1, 0.15) is 10.6 Å². The normalized spacial score (nSPS) is 10.2. The molecule has 0 aliphatic rings. The fourth-order valence-electron chi connectivity index (χ4n) is 1.09. The third kappa shape index (κ3) is 2.74. The molecule has 0 bridgehead atoms. The zero-order valence-corrected chi connectivity index (χ0v) is 8.91. The summed E-state index contributed by atoms with van der Waals surface area (Å²) in [4.78, 5) is 9.34. The highest BCUT2D eigenvalue weighted by Crippen LogP contribution is 2.12. The SMILES string of the molecule is NCc1cncc(OCc2cccs2)n1. The van der Waals surface area contributed by atoms with E-state index < -0.39 is 0 Å². The molecule has 0 aliphatic carbocycles. The number of nitrogens with two attached hydrogens (primary N) is 1. The van der Waals surface area contributed by atoms with Crippen molar-refractivity contribution < 1.29 is 4.74 Å². The van der Waals surface area contributed by atoms with Gasteiger partial charge in [0.15, 0.2) is 0 Å². The minimum absolute atomic E-state index is 0.378. The lowest BCUT2D eigenvalue weighted by Gasteiger charge is -2.03. The maximum Gasteiger partial charge on any atom is 0.232 e. The third-order valence-electron chi connectivity index (χ3n) is 1.81. The standard InChI is InChI=1S/C10H11N3OS/c11-4-8-5-12-6-10(13-8)14-7-9-2-1-3-15-9/h1-3,5-6H,4,7,11H2. The highest BCUT2D eigenvalue weighted by atomic mass is 32.1. The molecule has 78 valence electrons. The van der Waals surface area contributed by atoms with Gasteiger partial charge in [-0.2, -0.15) is 0 Å². The molecule has 15 heavy (non-hydrogen) atoms. The molecular weight excluding hydrogens is 210 g/mol. The summed E-state index contributed by atoms with van der Waals surface area (Å²) in [7, 11) is 0. The monoisotopic (exact) mass is 221 g/mol. The predicted octanol–water partition coefficient (Wildman–Crippen LogP) is 1.58. The zero-order chi connectivity index (χ0) is 10.5. The average molecular weight is 221 g/mol. The van der Waals surface area contributed by atoms with Gasteiger partial charge >= 0.3 is 0 Å². The van der Waals surface area contributed by atoms with Gasteiger partial charge in [0, 0.05) is 17.6 Å². The van der Waals surface area contributed by atoms with Crippen LogP contribution in [0.4, 0.5) is 0 Å². The van der Waals surface area contributed by atoms with Crippen LogP contribution < -0.4 is 10.5 Å². The maximum atomic E-state index is 5.47. The van der Waals surface area contributed by atoms with Gasteiger partial charge in [0.05, 0.1) is 11.9 Å². The molecule has 2 aromatic heterocycles. The van der Waals surface area contributed by atoms with Crippen molar-refractivity contribution in [2.24, 2.45) is 5.73 Å². The Morgan fingerprint density at radius 1 is 1.40 bits per heavy atom. The topological polar surface area (TPSA) is 61.0 Å². The third-order valence-corrected chi connectivity index (χ3v) is 2.66. The number of aromatic nitrogens is 2. The molecule has 0 saturated heterocycles. The largest absolute Gasteiger partial charge is 0.471 e. The van der Waals surface area contributed by atoms with Crippen molar-refractivity contribution in [3.8, 4) is 5.88 Å². The van der Waals surface area contributed by atoms with Gasteiger partial charge in [-0.25, -0.2) is 4.98 Å². The van der Waals surface area contributed by atoms with E-state index in [9.17, 15) is 0 Å². The summed E-state index contributed by atoms with van der Waals surface area (Å²) >= 11 is 1.65. The average Bonchev–Trinajstić information content (AvgIpc) is 2.79. The van der Waals surface area contributed by atoms with Gasteiger partial charge < -0.3 is 10.5 Å². The number of rotatable bonds is 4. The summed E-state index contributed by atoms with van der Waals surface area (Å²) in [6.07, 6.45) is 3.23. The Bertz CT molecular complexity index is 416. The Labute approximate surface area is 91.8 Å². The molecule has 2 heterocycles. The van der Waals surface area contributed by atoms with Crippen LogP contribution in [-0.4, -0.2) is 9.97 Å². The molecule has 0 spiro atoms. The summed E-state index contributed by atoms with van der Waals surface area (Å²) in [6, 6.07) is 4.01. The smallest absolute Gasteiger partial charge is 0.232 e. The van der Waals surface area contributed by atoms with E-state index in [1.165, 1.54) is 0 Å². The van der Waals surface area contributed by atoms with E-state index in [4.69, 9.17) is 10.5 Å². The van der Waals surface area contributed by atoms with Crippen molar-refractivity contribution in [1.29, 1.82) is 0 Å². The van der Waals surface area contributed by atoms with E-state index >= 15 is 0 Å². The van der Waals surface area contributed by atoms with Gasteiger partial charge in [-0.15, -0.1) is 11.3 Å². The van der Waals surface area contributed by atoms with E-state index in [1.54, 1.807) is 23.7 Å². The predicted molar refractivity (Wildman–Crippen MR) is 58.6 cm³/mol. The molecule has 0 aliphatic heterocycles. The van der Waals surface area contributed by atoms with Crippen molar-refractivity contribution in [1.82, 2.24) is 9.97 Å². The lowest BCUT2D eigenvalue weighted by molar-refractivity contribution is 0.295. The molecule has 0 amide bonds. The van der Waals surface area contributed by atoms with Crippen molar-refractivity contribution in [2.75, 3.05) is 0 Å². The van der Waals surface area contributed by atoms with Gasteiger partial charge in [-0.3, -0.25) is 4.98 Å². The summed E-state index contributed by atoms with van der Waals surface area (Å²) in [5.74, 6) is 0.520.